The molecule has 6 heteroatoms. The van der Waals surface area contributed by atoms with Gasteiger partial charge in [0.1, 0.15) is 6.61 Å². The number of nitrogens with one attached hydrogen (secondary N) is 1. The number of cyclic esters (lactones) is 1. The van der Waals surface area contributed by atoms with Gasteiger partial charge in [0.25, 0.3) is 0 Å². The van der Waals surface area contributed by atoms with Gasteiger partial charge in [-0.05, 0) is 17.7 Å². The number of alkyl carbamates (subject to hydrolysis) is 1. The third-order valence-electron chi connectivity index (χ3n) is 3.42. The van der Waals surface area contributed by atoms with Gasteiger partial charge in [-0.25, -0.2) is 4.79 Å². The summed E-state index contributed by atoms with van der Waals surface area (Å²) in [6.45, 7) is 4.71. The fraction of sp³-hybridized carbons (Fsp3) is 0.462. The molecule has 0 saturated carbocycles. The van der Waals surface area contributed by atoms with Gasteiger partial charge in [0.2, 0.25) is 6.79 Å². The first-order chi connectivity index (χ1) is 8.97. The molecule has 0 aliphatic carbocycles. The number of ether oxygens (including phenoxy) is 3. The molecule has 5 nitrogen and oxygen atoms in total. The van der Waals surface area contributed by atoms with E-state index in [1.54, 1.807) is 0 Å². The van der Waals surface area contributed by atoms with Gasteiger partial charge >= 0.3 is 6.09 Å². The van der Waals surface area contributed by atoms with E-state index in [9.17, 15) is 4.79 Å². The van der Waals surface area contributed by atoms with Crippen LogP contribution in [0.15, 0.2) is 16.6 Å². The summed E-state index contributed by atoms with van der Waals surface area (Å²) in [7, 11) is 0. The zero-order valence-corrected chi connectivity index (χ0v) is 12.2. The Hall–Kier alpha value is -1.43. The summed E-state index contributed by atoms with van der Waals surface area (Å²) < 4.78 is 16.7. The zero-order valence-electron chi connectivity index (χ0n) is 10.7. The number of hydrogen-bond acceptors (Lipinski definition) is 4. The molecule has 2 aliphatic rings. The van der Waals surface area contributed by atoms with Gasteiger partial charge in [0.15, 0.2) is 11.5 Å². The van der Waals surface area contributed by atoms with Crippen LogP contribution in [0.4, 0.5) is 4.79 Å². The van der Waals surface area contributed by atoms with Gasteiger partial charge < -0.3 is 19.5 Å². The standard InChI is InChI=1S/C13H14BrNO4/c1-13(2)5-17-12(16)15-11(13)7-3-9-10(4-8(7)14)19-6-18-9/h3-4,11H,5-6H2,1-2H3,(H,15,16)/t11-/m1/s1. The van der Waals surface area contributed by atoms with Gasteiger partial charge in [0.05, 0.1) is 6.04 Å². The summed E-state index contributed by atoms with van der Waals surface area (Å²) in [6.07, 6.45) is -0.395. The second-order valence-corrected chi connectivity index (χ2v) is 6.22. The molecular formula is C13H14BrNO4. The van der Waals surface area contributed by atoms with Crippen molar-refractivity contribution >= 4 is 22.0 Å². The van der Waals surface area contributed by atoms with Gasteiger partial charge in [-0.1, -0.05) is 29.8 Å². The average Bonchev–Trinajstić information content (AvgIpc) is 2.78. The van der Waals surface area contributed by atoms with Crippen molar-refractivity contribution in [2.75, 3.05) is 13.4 Å². The van der Waals surface area contributed by atoms with Crippen LogP contribution >= 0.6 is 15.9 Å². The first kappa shape index (κ1) is 12.6. The first-order valence-corrected chi connectivity index (χ1v) is 6.79. The molecule has 1 fully saturated rings. The van der Waals surface area contributed by atoms with E-state index in [1.807, 2.05) is 26.0 Å². The normalized spacial score (nSPS) is 23.7. The number of halogens is 1. The van der Waals surface area contributed by atoms with Crippen LogP contribution in [0.2, 0.25) is 0 Å². The van der Waals surface area contributed by atoms with Crippen molar-refractivity contribution in [2.45, 2.75) is 19.9 Å². The van der Waals surface area contributed by atoms with Crippen LogP contribution in [0.1, 0.15) is 25.5 Å². The summed E-state index contributed by atoms with van der Waals surface area (Å²) in [5.74, 6) is 1.42. The van der Waals surface area contributed by atoms with E-state index in [1.165, 1.54) is 0 Å². The highest BCUT2D eigenvalue weighted by Crippen LogP contribution is 2.44. The Balaban J connectivity index is 2.03. The quantitative estimate of drug-likeness (QED) is 0.861. The minimum absolute atomic E-state index is 0.141. The second-order valence-electron chi connectivity index (χ2n) is 5.37. The van der Waals surface area contributed by atoms with E-state index in [0.717, 1.165) is 10.0 Å². The van der Waals surface area contributed by atoms with E-state index in [4.69, 9.17) is 14.2 Å². The van der Waals surface area contributed by atoms with Crippen LogP contribution in [-0.4, -0.2) is 19.5 Å². The van der Waals surface area contributed by atoms with Crippen molar-refractivity contribution in [3.8, 4) is 11.5 Å². The Bertz CT molecular complexity index is 544. The van der Waals surface area contributed by atoms with Crippen LogP contribution in [0.5, 0.6) is 11.5 Å². The van der Waals surface area contributed by atoms with Crippen LogP contribution in [0.3, 0.4) is 0 Å². The maximum Gasteiger partial charge on any atom is 0.407 e. The van der Waals surface area contributed by atoms with Gasteiger partial charge in [-0.3, -0.25) is 0 Å². The lowest BCUT2D eigenvalue weighted by Crippen LogP contribution is -2.47. The number of amides is 1. The average molecular weight is 328 g/mol. The molecule has 19 heavy (non-hydrogen) atoms. The Morgan fingerprint density at radius 1 is 1.26 bits per heavy atom. The highest BCUT2D eigenvalue weighted by atomic mass is 79.9. The van der Waals surface area contributed by atoms with Crippen molar-refractivity contribution < 1.29 is 19.0 Å². The summed E-state index contributed by atoms with van der Waals surface area (Å²) in [6, 6.07) is 3.64. The molecule has 1 saturated heterocycles. The lowest BCUT2D eigenvalue weighted by molar-refractivity contribution is 0.0385. The smallest absolute Gasteiger partial charge is 0.407 e. The van der Waals surface area contributed by atoms with Gasteiger partial charge in [-0.2, -0.15) is 0 Å². The van der Waals surface area contributed by atoms with Crippen LogP contribution in [-0.2, 0) is 4.74 Å². The van der Waals surface area contributed by atoms with Crippen LogP contribution < -0.4 is 14.8 Å². The largest absolute Gasteiger partial charge is 0.454 e. The molecule has 3 rings (SSSR count). The van der Waals surface area contributed by atoms with E-state index >= 15 is 0 Å². The highest BCUT2D eigenvalue weighted by Gasteiger charge is 2.39. The second kappa shape index (κ2) is 4.30. The van der Waals surface area contributed by atoms with E-state index in [0.29, 0.717) is 18.1 Å². The number of rotatable bonds is 1. The highest BCUT2D eigenvalue weighted by molar-refractivity contribution is 9.10. The number of fused-ring (bicyclic) bond motifs is 1. The Morgan fingerprint density at radius 3 is 2.68 bits per heavy atom. The monoisotopic (exact) mass is 327 g/mol. The molecule has 1 amide bonds. The van der Waals surface area contributed by atoms with Crippen molar-refractivity contribution in [1.29, 1.82) is 0 Å². The molecule has 0 aromatic heterocycles. The summed E-state index contributed by atoms with van der Waals surface area (Å²) >= 11 is 3.53. The molecule has 0 spiro atoms. The van der Waals surface area contributed by atoms with Gasteiger partial charge in [-0.15, -0.1) is 0 Å². The molecule has 0 bridgehead atoms. The third kappa shape index (κ3) is 2.14. The molecular weight excluding hydrogens is 314 g/mol. The minimum atomic E-state index is -0.395. The molecule has 2 aliphatic heterocycles. The van der Waals surface area contributed by atoms with E-state index in [2.05, 4.69) is 21.2 Å². The lowest BCUT2D eigenvalue weighted by atomic mass is 9.80. The third-order valence-corrected chi connectivity index (χ3v) is 4.11. The van der Waals surface area contributed by atoms with E-state index < -0.39 is 6.09 Å². The Morgan fingerprint density at radius 2 is 1.95 bits per heavy atom. The Labute approximate surface area is 119 Å². The number of benzene rings is 1. The maximum absolute atomic E-state index is 11.5. The molecule has 1 aromatic carbocycles. The molecule has 0 radical (unpaired) electrons. The summed E-state index contributed by atoms with van der Waals surface area (Å²) in [5, 5.41) is 2.87. The van der Waals surface area contributed by atoms with Crippen molar-refractivity contribution in [3.63, 3.8) is 0 Å². The number of carbonyl (C=O) groups excluding carboxylic acids is 1. The predicted octanol–water partition coefficient (Wildman–Crippen LogP) is 2.98. The number of carbonyl (C=O) groups is 1. The molecule has 1 N–H and O–H groups in total. The van der Waals surface area contributed by atoms with Crippen molar-refractivity contribution in [1.82, 2.24) is 5.32 Å². The molecule has 1 atom stereocenters. The summed E-state index contributed by atoms with van der Waals surface area (Å²) in [5.41, 5.74) is 0.760. The molecule has 0 unspecified atom stereocenters. The topological polar surface area (TPSA) is 56.8 Å². The first-order valence-electron chi connectivity index (χ1n) is 6.00. The van der Waals surface area contributed by atoms with Crippen LogP contribution in [0.25, 0.3) is 0 Å². The summed E-state index contributed by atoms with van der Waals surface area (Å²) in [4.78, 5) is 11.5. The molecule has 102 valence electrons. The van der Waals surface area contributed by atoms with Crippen molar-refractivity contribution in [2.24, 2.45) is 5.41 Å². The SMILES string of the molecule is CC1(C)COC(=O)N[C@@H]1c1cc2c(cc1Br)OCO2. The number of hydrogen-bond donors (Lipinski definition) is 1. The van der Waals surface area contributed by atoms with E-state index in [-0.39, 0.29) is 18.2 Å². The Kier molecular flexibility index (Phi) is 2.85. The molecule has 1 aromatic rings. The molecule has 2 heterocycles. The van der Waals surface area contributed by atoms with Crippen molar-refractivity contribution in [3.05, 3.63) is 22.2 Å². The fourth-order valence-electron chi connectivity index (χ4n) is 2.34. The fourth-order valence-corrected chi connectivity index (χ4v) is 2.89. The zero-order chi connectivity index (χ0) is 13.6. The minimum Gasteiger partial charge on any atom is -0.454 e. The lowest BCUT2D eigenvalue weighted by Gasteiger charge is -2.39. The van der Waals surface area contributed by atoms with Crippen LogP contribution in [0, 0.1) is 5.41 Å². The maximum atomic E-state index is 11.5. The van der Waals surface area contributed by atoms with Gasteiger partial charge in [0, 0.05) is 9.89 Å². The predicted molar refractivity (Wildman–Crippen MR) is 71.3 cm³/mol.